The van der Waals surface area contributed by atoms with E-state index in [9.17, 15) is 13.2 Å². The Morgan fingerprint density at radius 1 is 1.21 bits per heavy atom. The predicted molar refractivity (Wildman–Crippen MR) is 94.2 cm³/mol. The van der Waals surface area contributed by atoms with Crippen LogP contribution in [0.4, 0.5) is 11.5 Å². The van der Waals surface area contributed by atoms with Crippen molar-refractivity contribution in [3.05, 3.63) is 53.2 Å². The van der Waals surface area contributed by atoms with Crippen LogP contribution in [0.3, 0.4) is 0 Å². The highest BCUT2D eigenvalue weighted by Gasteiger charge is 2.20. The first-order valence-electron chi connectivity index (χ1n) is 7.38. The summed E-state index contributed by atoms with van der Waals surface area (Å²) in [7, 11) is -3.95. The molecule has 1 amide bonds. The Bertz CT molecular complexity index is 865. The SMILES string of the molecule is CCN(C(=O)c1cccc(NS(N)(=O)=O)n1)c1cccc(C)c1C. The number of hydrogen-bond donors (Lipinski definition) is 2. The molecule has 0 saturated heterocycles. The number of hydrogen-bond acceptors (Lipinski definition) is 4. The molecule has 0 spiro atoms. The number of nitrogens with one attached hydrogen (secondary N) is 1. The van der Waals surface area contributed by atoms with E-state index in [4.69, 9.17) is 5.14 Å². The lowest BCUT2D eigenvalue weighted by atomic mass is 10.1. The molecule has 1 heterocycles. The smallest absolute Gasteiger partial charge is 0.297 e. The molecule has 24 heavy (non-hydrogen) atoms. The van der Waals surface area contributed by atoms with E-state index in [-0.39, 0.29) is 17.4 Å². The number of pyridine rings is 1. The van der Waals surface area contributed by atoms with Crippen molar-refractivity contribution >= 4 is 27.6 Å². The van der Waals surface area contributed by atoms with Gasteiger partial charge in [-0.15, -0.1) is 0 Å². The molecule has 8 heteroatoms. The zero-order valence-corrected chi connectivity index (χ0v) is 14.6. The lowest BCUT2D eigenvalue weighted by Gasteiger charge is -2.23. The van der Waals surface area contributed by atoms with Gasteiger partial charge in [-0.1, -0.05) is 18.2 Å². The number of aromatic nitrogens is 1. The summed E-state index contributed by atoms with van der Waals surface area (Å²) in [6.07, 6.45) is 0. The molecule has 0 saturated carbocycles. The summed E-state index contributed by atoms with van der Waals surface area (Å²) in [5.41, 5.74) is 3.02. The normalized spacial score (nSPS) is 11.2. The topological polar surface area (TPSA) is 105 Å². The van der Waals surface area contributed by atoms with Crippen molar-refractivity contribution in [2.24, 2.45) is 5.14 Å². The van der Waals surface area contributed by atoms with Gasteiger partial charge in [-0.25, -0.2) is 10.1 Å². The molecule has 128 valence electrons. The number of anilines is 2. The van der Waals surface area contributed by atoms with Gasteiger partial charge in [-0.05, 0) is 50.1 Å². The van der Waals surface area contributed by atoms with Gasteiger partial charge in [-0.2, -0.15) is 8.42 Å². The predicted octanol–water partition coefficient (Wildman–Crippen LogP) is 1.98. The molecular formula is C16H20N4O3S. The maximum Gasteiger partial charge on any atom is 0.297 e. The first-order valence-corrected chi connectivity index (χ1v) is 8.93. The number of carbonyl (C=O) groups is 1. The second kappa shape index (κ2) is 6.98. The Hall–Kier alpha value is -2.45. The summed E-state index contributed by atoms with van der Waals surface area (Å²) >= 11 is 0. The van der Waals surface area contributed by atoms with Crippen LogP contribution < -0.4 is 14.8 Å². The Balaban J connectivity index is 2.39. The average molecular weight is 348 g/mol. The third-order valence-electron chi connectivity index (χ3n) is 3.64. The zero-order chi connectivity index (χ0) is 17.9. The van der Waals surface area contributed by atoms with Gasteiger partial charge >= 0.3 is 0 Å². The fraction of sp³-hybridized carbons (Fsp3) is 0.250. The van der Waals surface area contributed by atoms with Crippen LogP contribution >= 0.6 is 0 Å². The maximum atomic E-state index is 12.8. The molecule has 0 aliphatic rings. The highest BCUT2D eigenvalue weighted by atomic mass is 32.2. The lowest BCUT2D eigenvalue weighted by molar-refractivity contribution is 0.0983. The number of nitrogens with zero attached hydrogens (tertiary/aromatic N) is 2. The molecule has 0 atom stereocenters. The number of benzene rings is 1. The molecule has 0 unspecified atom stereocenters. The van der Waals surface area contributed by atoms with Crippen molar-refractivity contribution in [3.8, 4) is 0 Å². The van der Waals surface area contributed by atoms with Gasteiger partial charge in [0.15, 0.2) is 0 Å². The van der Waals surface area contributed by atoms with Crippen molar-refractivity contribution in [1.29, 1.82) is 0 Å². The van der Waals surface area contributed by atoms with Crippen LogP contribution in [0.5, 0.6) is 0 Å². The van der Waals surface area contributed by atoms with Crippen molar-refractivity contribution in [3.63, 3.8) is 0 Å². The average Bonchev–Trinajstić information content (AvgIpc) is 2.50. The van der Waals surface area contributed by atoms with Crippen LogP contribution in [-0.2, 0) is 10.2 Å². The van der Waals surface area contributed by atoms with Gasteiger partial charge < -0.3 is 4.90 Å². The van der Waals surface area contributed by atoms with E-state index in [0.29, 0.717) is 6.54 Å². The Kier molecular flexibility index (Phi) is 5.20. The molecule has 0 radical (unpaired) electrons. The van der Waals surface area contributed by atoms with E-state index in [2.05, 4.69) is 9.71 Å². The van der Waals surface area contributed by atoms with E-state index in [1.54, 1.807) is 11.0 Å². The quantitative estimate of drug-likeness (QED) is 0.862. The molecular weight excluding hydrogens is 328 g/mol. The van der Waals surface area contributed by atoms with E-state index in [1.807, 2.05) is 39.0 Å². The highest BCUT2D eigenvalue weighted by molar-refractivity contribution is 7.90. The first-order chi connectivity index (χ1) is 11.2. The van der Waals surface area contributed by atoms with Crippen molar-refractivity contribution < 1.29 is 13.2 Å². The first kappa shape index (κ1) is 17.9. The van der Waals surface area contributed by atoms with E-state index < -0.39 is 10.2 Å². The van der Waals surface area contributed by atoms with Crippen LogP contribution in [0.15, 0.2) is 36.4 Å². The number of amides is 1. The molecule has 7 nitrogen and oxygen atoms in total. The number of rotatable bonds is 5. The van der Waals surface area contributed by atoms with E-state index in [0.717, 1.165) is 16.8 Å². The monoisotopic (exact) mass is 348 g/mol. The van der Waals surface area contributed by atoms with Crippen LogP contribution in [0, 0.1) is 13.8 Å². The number of nitrogens with two attached hydrogens (primary N) is 1. The minimum atomic E-state index is -3.95. The van der Waals surface area contributed by atoms with Gasteiger partial charge in [0.1, 0.15) is 11.5 Å². The Morgan fingerprint density at radius 2 is 1.88 bits per heavy atom. The maximum absolute atomic E-state index is 12.8. The Morgan fingerprint density at radius 3 is 2.50 bits per heavy atom. The lowest BCUT2D eigenvalue weighted by Crippen LogP contribution is -2.32. The van der Waals surface area contributed by atoms with Crippen LogP contribution in [0.25, 0.3) is 0 Å². The minimum absolute atomic E-state index is 0.000340. The standard InChI is InChI=1S/C16H20N4O3S/c1-4-20(14-9-5-7-11(2)12(14)3)16(21)13-8-6-10-15(18-13)19-24(17,22)23/h5-10H,4H2,1-3H3,(H,18,19)(H2,17,22,23). The molecule has 1 aromatic carbocycles. The Labute approximate surface area is 141 Å². The van der Waals surface area contributed by atoms with Crippen molar-refractivity contribution in [1.82, 2.24) is 4.98 Å². The van der Waals surface area contributed by atoms with E-state index >= 15 is 0 Å². The fourth-order valence-corrected chi connectivity index (χ4v) is 2.75. The molecule has 3 N–H and O–H groups in total. The molecule has 2 rings (SSSR count). The molecule has 2 aromatic rings. The second-order valence-corrected chi connectivity index (χ2v) is 6.62. The fourth-order valence-electron chi connectivity index (χ4n) is 2.35. The summed E-state index contributed by atoms with van der Waals surface area (Å²) in [5, 5.41) is 4.93. The van der Waals surface area contributed by atoms with E-state index in [1.165, 1.54) is 12.1 Å². The van der Waals surface area contributed by atoms with Crippen LogP contribution in [0.1, 0.15) is 28.5 Å². The highest BCUT2D eigenvalue weighted by Crippen LogP contribution is 2.24. The van der Waals surface area contributed by atoms with Gasteiger partial charge in [0.25, 0.3) is 16.1 Å². The van der Waals surface area contributed by atoms with Crippen LogP contribution in [0.2, 0.25) is 0 Å². The summed E-state index contributed by atoms with van der Waals surface area (Å²) < 4.78 is 24.3. The largest absolute Gasteiger partial charge is 0.307 e. The minimum Gasteiger partial charge on any atom is -0.307 e. The van der Waals surface area contributed by atoms with Gasteiger partial charge in [0, 0.05) is 12.2 Å². The second-order valence-electron chi connectivity index (χ2n) is 5.32. The third-order valence-corrected chi connectivity index (χ3v) is 4.14. The number of aryl methyl sites for hydroxylation is 1. The molecule has 0 aliphatic carbocycles. The molecule has 1 aromatic heterocycles. The van der Waals surface area contributed by atoms with Gasteiger partial charge in [0.05, 0.1) is 0 Å². The van der Waals surface area contributed by atoms with Crippen molar-refractivity contribution in [2.75, 3.05) is 16.2 Å². The summed E-state index contributed by atoms with van der Waals surface area (Å²) in [6, 6.07) is 10.2. The summed E-state index contributed by atoms with van der Waals surface area (Å²) in [5.74, 6) is -0.315. The molecule has 0 aliphatic heterocycles. The van der Waals surface area contributed by atoms with Crippen molar-refractivity contribution in [2.45, 2.75) is 20.8 Å². The third kappa shape index (κ3) is 4.09. The number of carbonyl (C=O) groups excluding carboxylic acids is 1. The van der Waals surface area contributed by atoms with Gasteiger partial charge in [0.2, 0.25) is 0 Å². The molecule has 0 fully saturated rings. The zero-order valence-electron chi connectivity index (χ0n) is 13.8. The summed E-state index contributed by atoms with van der Waals surface area (Å²) in [6.45, 7) is 6.25. The van der Waals surface area contributed by atoms with Gasteiger partial charge in [-0.3, -0.25) is 9.52 Å². The van der Waals surface area contributed by atoms with Crippen LogP contribution in [-0.4, -0.2) is 25.9 Å². The molecule has 0 bridgehead atoms. The summed E-state index contributed by atoms with van der Waals surface area (Å²) in [4.78, 5) is 18.5.